The smallest absolute Gasteiger partial charge is 0.287 e. The highest BCUT2D eigenvalue weighted by Gasteiger charge is 2.32. The normalized spacial score (nSPS) is 15.5. The van der Waals surface area contributed by atoms with Crippen molar-refractivity contribution in [2.45, 2.75) is 25.4 Å². The van der Waals surface area contributed by atoms with Crippen molar-refractivity contribution in [2.24, 2.45) is 0 Å². The van der Waals surface area contributed by atoms with E-state index in [9.17, 15) is 19.7 Å². The molecular formula is C20H20N4O6. The topological polar surface area (TPSA) is 128 Å². The minimum atomic E-state index is -0.744. The van der Waals surface area contributed by atoms with E-state index in [-0.39, 0.29) is 17.5 Å². The van der Waals surface area contributed by atoms with Crippen LogP contribution in [0.5, 0.6) is 11.5 Å². The molecule has 0 saturated carbocycles. The van der Waals surface area contributed by atoms with Crippen molar-refractivity contribution in [1.29, 1.82) is 5.26 Å². The summed E-state index contributed by atoms with van der Waals surface area (Å²) in [6.45, 7) is 0.0661. The summed E-state index contributed by atoms with van der Waals surface area (Å²) in [5.41, 5.74) is -0.770. The zero-order valence-electron chi connectivity index (χ0n) is 16.5. The monoisotopic (exact) mass is 412 g/mol. The molecule has 0 unspecified atom stereocenters. The Kier molecular flexibility index (Phi) is 6.01. The number of carbonyl (C=O) groups excluding carboxylic acids is 1. The van der Waals surface area contributed by atoms with Gasteiger partial charge in [-0.25, -0.2) is 0 Å². The van der Waals surface area contributed by atoms with E-state index in [1.165, 1.54) is 0 Å². The third-order valence-electron chi connectivity index (χ3n) is 5.08. The number of benzene rings is 1. The van der Waals surface area contributed by atoms with Crippen LogP contribution in [0.1, 0.15) is 30.0 Å². The van der Waals surface area contributed by atoms with E-state index in [1.807, 2.05) is 6.07 Å². The second-order valence-electron chi connectivity index (χ2n) is 6.77. The van der Waals surface area contributed by atoms with Gasteiger partial charge in [0.05, 0.1) is 31.4 Å². The second kappa shape index (κ2) is 8.65. The lowest BCUT2D eigenvalue weighted by Crippen LogP contribution is -2.36. The molecule has 0 spiro atoms. The molecule has 3 rings (SSSR count). The van der Waals surface area contributed by atoms with Crippen LogP contribution in [-0.4, -0.2) is 41.1 Å². The third kappa shape index (κ3) is 3.96. The molecule has 1 fully saturated rings. The third-order valence-corrected chi connectivity index (χ3v) is 5.08. The maximum absolute atomic E-state index is 13.0. The molecule has 0 radical (unpaired) electrons. The molecule has 156 valence electrons. The van der Waals surface area contributed by atoms with E-state index >= 15 is 0 Å². The van der Waals surface area contributed by atoms with Gasteiger partial charge in [-0.1, -0.05) is 0 Å². The predicted molar refractivity (Wildman–Crippen MR) is 105 cm³/mol. The van der Waals surface area contributed by atoms with Crippen LogP contribution in [0.2, 0.25) is 0 Å². The maximum atomic E-state index is 13.0. The Balaban J connectivity index is 1.93. The first-order chi connectivity index (χ1) is 14.4. The number of methoxy groups -OCH3 is 2. The average Bonchev–Trinajstić information content (AvgIpc) is 3.24. The first-order valence-corrected chi connectivity index (χ1v) is 9.20. The number of nitro groups is 1. The van der Waals surface area contributed by atoms with Gasteiger partial charge in [-0.15, -0.1) is 0 Å². The van der Waals surface area contributed by atoms with Gasteiger partial charge >= 0.3 is 0 Å². The fourth-order valence-electron chi connectivity index (χ4n) is 3.64. The number of rotatable bonds is 6. The Labute approximate surface area is 172 Å². The number of amides is 1. The number of pyridine rings is 1. The van der Waals surface area contributed by atoms with Crippen LogP contribution in [0.15, 0.2) is 35.3 Å². The van der Waals surface area contributed by atoms with Gasteiger partial charge in [-0.05, 0) is 31.0 Å². The van der Waals surface area contributed by atoms with Gasteiger partial charge in [0.1, 0.15) is 29.7 Å². The Morgan fingerprint density at radius 2 is 2.10 bits per heavy atom. The van der Waals surface area contributed by atoms with Gasteiger partial charge in [-0.3, -0.25) is 24.3 Å². The summed E-state index contributed by atoms with van der Waals surface area (Å²) in [6.07, 6.45) is 2.44. The van der Waals surface area contributed by atoms with Gasteiger partial charge in [0.25, 0.3) is 11.2 Å². The van der Waals surface area contributed by atoms with Gasteiger partial charge in [0.15, 0.2) is 0 Å². The van der Waals surface area contributed by atoms with Crippen LogP contribution in [0.25, 0.3) is 0 Å². The van der Waals surface area contributed by atoms with Crippen LogP contribution in [0.3, 0.4) is 0 Å². The SMILES string of the molecule is COc1ccc(OC)c([C@@H]2CCCN2C(=O)Cn2cc([N+](=O)[O-])cc(C#N)c2=O)c1. The molecule has 2 heterocycles. The van der Waals surface area contributed by atoms with E-state index in [0.717, 1.165) is 28.8 Å². The van der Waals surface area contributed by atoms with E-state index in [0.29, 0.717) is 24.5 Å². The summed E-state index contributed by atoms with van der Waals surface area (Å²) in [5, 5.41) is 20.2. The second-order valence-corrected chi connectivity index (χ2v) is 6.77. The molecule has 1 aromatic carbocycles. The zero-order valence-corrected chi connectivity index (χ0v) is 16.5. The van der Waals surface area contributed by atoms with E-state index in [4.69, 9.17) is 14.7 Å². The quantitative estimate of drug-likeness (QED) is 0.524. The molecule has 1 aromatic heterocycles. The molecule has 0 bridgehead atoms. The number of likely N-dealkylation sites (tertiary alicyclic amines) is 1. The highest BCUT2D eigenvalue weighted by molar-refractivity contribution is 5.77. The Hall–Kier alpha value is -3.87. The Morgan fingerprint density at radius 3 is 2.73 bits per heavy atom. The fourth-order valence-corrected chi connectivity index (χ4v) is 3.64. The molecule has 30 heavy (non-hydrogen) atoms. The summed E-state index contributed by atoms with van der Waals surface area (Å²) in [7, 11) is 3.09. The average molecular weight is 412 g/mol. The van der Waals surface area contributed by atoms with Crippen molar-refractivity contribution < 1.29 is 19.2 Å². The van der Waals surface area contributed by atoms with Crippen LogP contribution in [0, 0.1) is 21.4 Å². The van der Waals surface area contributed by atoms with Gasteiger partial charge in [0, 0.05) is 18.2 Å². The van der Waals surface area contributed by atoms with Gasteiger partial charge < -0.3 is 14.4 Å². The molecular weight excluding hydrogens is 392 g/mol. The summed E-state index contributed by atoms with van der Waals surface area (Å²) < 4.78 is 11.6. The minimum absolute atomic E-state index is 0.285. The lowest BCUT2D eigenvalue weighted by atomic mass is 10.0. The fraction of sp³-hybridized carbons (Fsp3) is 0.350. The molecule has 1 aliphatic rings. The molecule has 10 nitrogen and oxygen atoms in total. The minimum Gasteiger partial charge on any atom is -0.497 e. The Bertz CT molecular complexity index is 1090. The van der Waals surface area contributed by atoms with Crippen molar-refractivity contribution >= 4 is 11.6 Å². The van der Waals surface area contributed by atoms with E-state index < -0.39 is 22.7 Å². The summed E-state index contributed by atoms with van der Waals surface area (Å²) >= 11 is 0. The summed E-state index contributed by atoms with van der Waals surface area (Å²) in [4.78, 5) is 37.4. The van der Waals surface area contributed by atoms with Crippen LogP contribution >= 0.6 is 0 Å². The van der Waals surface area contributed by atoms with Crippen molar-refractivity contribution in [3.63, 3.8) is 0 Å². The lowest BCUT2D eigenvalue weighted by Gasteiger charge is -2.27. The van der Waals surface area contributed by atoms with Crippen LogP contribution < -0.4 is 15.0 Å². The van der Waals surface area contributed by atoms with Crippen molar-refractivity contribution in [3.8, 4) is 17.6 Å². The molecule has 0 N–H and O–H groups in total. The highest BCUT2D eigenvalue weighted by atomic mass is 16.6. The zero-order chi connectivity index (χ0) is 21.8. The van der Waals surface area contributed by atoms with Crippen molar-refractivity contribution in [1.82, 2.24) is 9.47 Å². The first-order valence-electron chi connectivity index (χ1n) is 9.20. The van der Waals surface area contributed by atoms with Gasteiger partial charge in [-0.2, -0.15) is 5.26 Å². The van der Waals surface area contributed by atoms with E-state index in [2.05, 4.69) is 0 Å². The Morgan fingerprint density at radius 1 is 1.33 bits per heavy atom. The lowest BCUT2D eigenvalue weighted by molar-refractivity contribution is -0.385. The largest absolute Gasteiger partial charge is 0.497 e. The van der Waals surface area contributed by atoms with Crippen molar-refractivity contribution in [3.05, 3.63) is 62.1 Å². The van der Waals surface area contributed by atoms with Gasteiger partial charge in [0.2, 0.25) is 5.91 Å². The predicted octanol–water partition coefficient (Wildman–Crippen LogP) is 2.01. The standard InChI is InChI=1S/C20H20N4O6/c1-29-15-5-6-18(30-2)16(9-15)17-4-3-7-23(17)19(25)12-22-11-14(24(27)28)8-13(10-21)20(22)26/h5-6,8-9,11,17H,3-4,7,12H2,1-2H3/t17-/m0/s1. The van der Waals surface area contributed by atoms with Crippen molar-refractivity contribution in [2.75, 3.05) is 20.8 Å². The molecule has 0 aliphatic carbocycles. The highest BCUT2D eigenvalue weighted by Crippen LogP contribution is 2.39. The number of nitrogens with zero attached hydrogens (tertiary/aromatic N) is 4. The molecule has 10 heteroatoms. The molecule has 1 aliphatic heterocycles. The maximum Gasteiger partial charge on any atom is 0.287 e. The molecule has 1 atom stereocenters. The summed E-state index contributed by atoms with van der Waals surface area (Å²) in [5.74, 6) is 0.854. The van der Waals surface area contributed by atoms with Crippen LogP contribution in [0.4, 0.5) is 5.69 Å². The number of hydrogen-bond acceptors (Lipinski definition) is 7. The number of aromatic nitrogens is 1. The number of hydrogen-bond donors (Lipinski definition) is 0. The molecule has 2 aromatic rings. The molecule has 1 amide bonds. The number of carbonyl (C=O) groups is 1. The first kappa shape index (κ1) is 20.9. The van der Waals surface area contributed by atoms with E-state index in [1.54, 1.807) is 37.3 Å². The number of ether oxygens (including phenoxy) is 2. The molecule has 1 saturated heterocycles. The summed E-state index contributed by atoms with van der Waals surface area (Å²) in [6, 6.07) is 7.59. The number of nitriles is 1. The van der Waals surface area contributed by atoms with Crippen LogP contribution in [-0.2, 0) is 11.3 Å².